The molecule has 22 nitrogen and oxygen atoms in total. The van der Waals surface area contributed by atoms with Crippen molar-refractivity contribution in [2.75, 3.05) is 33.0 Å². The smallest absolute Gasteiger partial charge is 1.00 e. The van der Waals surface area contributed by atoms with E-state index in [9.17, 15) is 37.7 Å². The average Bonchev–Trinajstić information content (AvgIpc) is 1.71. The summed E-state index contributed by atoms with van der Waals surface area (Å²) in [4.78, 5) is 51.3. The van der Waals surface area contributed by atoms with Crippen LogP contribution in [-0.2, 0) is 45.1 Å². The van der Waals surface area contributed by atoms with Gasteiger partial charge in [-0.25, -0.2) is 31.9 Å². The molecule has 0 unspecified atom stereocenters. The number of H-pyrrole nitrogens is 1. The molecular weight excluding hydrogens is 2060 g/mol. The molecule has 1 saturated heterocycles. The van der Waals surface area contributed by atoms with E-state index in [1.54, 1.807) is 161 Å². The number of nitro groups is 1. The first-order valence-electron chi connectivity index (χ1n) is 41.4. The quantitative estimate of drug-likeness (QED) is 0.00939. The van der Waals surface area contributed by atoms with Gasteiger partial charge in [0.15, 0.2) is 23.3 Å². The number of ether oxygens (including phenoxy) is 4. The standard InChI is InChI=1S/C23H20Cl2FN3O2S.C23H21ClFN3O2S.C14H13ClFN3.C9H10O2S.C8H5ClFN.C6H9BrN2.C6H3ClFNO2.C4H8O.C2H3.BrH.Mg/c1-3-10-28-13-15(12-27-28)29-20-17(8-9-18(24)19(20)26)21(22(29)25)32-16-7-5-6-14(11-16)23(30)31-4-2;1-3-10-27-13-16(12-26-27)28-14-20(18-8-9-19(24)21(25)22(18)28)31-17-7-5-6-15(11-17)23(29)30-4-2;1-2-6-18-9-11(8-17-18)19-7-5-10-3-4-12(15)13(16)14(10)19;1-2-11-9(10)7-4-3-5-8(12)6-7;9-6-2-1-5-3-4-11-8(5)7(6)10;1-2-3-9-5-6(7)4-8-9;7-4-2-1-3-5(6(4)8)9(10)11;1-2-4-5-3-1;1-2;;/h5-9,11-13H,3-4,10H2,1-2H3;5-9,11-14H,3-4,10H2,1-2H3;3-5,7-9H,2,6H2,1H3;3-6,12H,2H2,1H3;1-4,11H;4-5H,2-3H2,1H3;1-3H;1-4H2;1H,2H2;1H;/q;;;;;;;;-1;;+2/p-1. The molecule has 8 aromatic carbocycles. The van der Waals surface area contributed by atoms with Crippen molar-refractivity contribution in [3.8, 4) is 17.1 Å². The van der Waals surface area contributed by atoms with Gasteiger partial charge in [0.05, 0.1) is 140 Å². The minimum absolute atomic E-state index is 0. The van der Waals surface area contributed by atoms with Crippen LogP contribution in [0, 0.1) is 45.8 Å². The maximum Gasteiger partial charge on any atom is 2.00 e. The van der Waals surface area contributed by atoms with Gasteiger partial charge in [0, 0.05) is 130 Å². The Bertz CT molecular complexity index is 6570. The zero-order chi connectivity index (χ0) is 95.7. The van der Waals surface area contributed by atoms with Crippen LogP contribution in [0.1, 0.15) is 118 Å². The molecule has 0 bridgehead atoms. The number of nitrogens with one attached hydrogen (secondary N) is 1. The summed E-state index contributed by atoms with van der Waals surface area (Å²) in [5.41, 5.74) is 4.73. The van der Waals surface area contributed by atoms with Crippen LogP contribution in [0.15, 0.2) is 255 Å². The summed E-state index contributed by atoms with van der Waals surface area (Å²) in [6.45, 7) is 27.0. The normalized spacial score (nSPS) is 11.0. The van der Waals surface area contributed by atoms with Crippen LogP contribution in [0.2, 0.25) is 30.3 Å². The molecule has 134 heavy (non-hydrogen) atoms. The molecule has 702 valence electrons. The molecule has 16 aromatic rings. The predicted molar refractivity (Wildman–Crippen MR) is 528 cm³/mol. The number of benzene rings is 8. The Kier molecular flexibility index (Phi) is 46.7. The number of aromatic nitrogens is 12. The molecule has 8 aromatic heterocycles. The van der Waals surface area contributed by atoms with E-state index in [-0.39, 0.29) is 88.4 Å². The fourth-order valence-electron chi connectivity index (χ4n) is 12.8. The maximum atomic E-state index is 15.2. The summed E-state index contributed by atoms with van der Waals surface area (Å²) in [5, 5.41) is 30.6. The maximum absolute atomic E-state index is 15.2. The van der Waals surface area contributed by atoms with E-state index >= 15 is 8.78 Å². The van der Waals surface area contributed by atoms with Crippen LogP contribution in [-0.4, -0.2) is 137 Å². The van der Waals surface area contributed by atoms with Gasteiger partial charge in [-0.2, -0.15) is 24.8 Å². The number of rotatable bonds is 22. The number of fused-ring (bicyclic) bond motifs is 4. The van der Waals surface area contributed by atoms with Crippen molar-refractivity contribution in [3.05, 3.63) is 324 Å². The van der Waals surface area contributed by atoms with Crippen molar-refractivity contribution in [1.82, 2.24) is 57.8 Å². The number of hydrogen-bond acceptors (Lipinski definition) is 16. The van der Waals surface area contributed by atoms with E-state index in [0.29, 0.717) is 74.2 Å². The first-order valence-corrected chi connectivity index (χ1v) is 46.5. The summed E-state index contributed by atoms with van der Waals surface area (Å²) in [7, 11) is 0. The molecule has 1 aliphatic heterocycles. The number of thiol groups is 1. The van der Waals surface area contributed by atoms with Crippen LogP contribution < -0.4 is 17.0 Å². The minimum Gasteiger partial charge on any atom is -1.00 e. The van der Waals surface area contributed by atoms with Gasteiger partial charge in [-0.05, 0) is 184 Å². The molecule has 0 atom stereocenters. The topological polar surface area (TPSA) is 233 Å². The van der Waals surface area contributed by atoms with Crippen molar-refractivity contribution in [2.45, 2.75) is 138 Å². The number of aromatic amines is 1. The molecule has 0 amide bonds. The van der Waals surface area contributed by atoms with Crippen LogP contribution in [0.5, 0.6) is 0 Å². The van der Waals surface area contributed by atoms with Crippen LogP contribution in [0.3, 0.4) is 0 Å². The molecule has 0 saturated carbocycles. The van der Waals surface area contributed by atoms with Crippen molar-refractivity contribution in [3.63, 3.8) is 0 Å². The van der Waals surface area contributed by atoms with Crippen molar-refractivity contribution < 1.29 is 77.2 Å². The molecule has 1 aliphatic rings. The number of aryl methyl sites for hydroxylation is 4. The van der Waals surface area contributed by atoms with E-state index in [1.165, 1.54) is 54.6 Å². The van der Waals surface area contributed by atoms with E-state index in [0.717, 1.165) is 123 Å². The second kappa shape index (κ2) is 56.2. The van der Waals surface area contributed by atoms with Gasteiger partial charge >= 0.3 is 46.6 Å². The zero-order valence-corrected chi connectivity index (χ0v) is 85.3. The third kappa shape index (κ3) is 30.5. The average molecular weight is 2150 g/mol. The number of halogens is 13. The molecule has 1 fully saturated rings. The molecule has 39 heteroatoms. The number of nitro benzene ring substituents is 1. The van der Waals surface area contributed by atoms with E-state index in [4.69, 9.17) is 88.6 Å². The molecule has 0 aliphatic carbocycles. The van der Waals surface area contributed by atoms with Crippen molar-refractivity contribution in [2.24, 2.45) is 0 Å². The second-order valence-corrected chi connectivity index (χ2v) is 34.1. The Morgan fingerprint density at radius 1 is 0.515 bits per heavy atom. The summed E-state index contributed by atoms with van der Waals surface area (Å²) in [6.07, 6.45) is 26.4. The Morgan fingerprint density at radius 3 is 1.45 bits per heavy atom. The van der Waals surface area contributed by atoms with Crippen LogP contribution >= 0.6 is 122 Å². The monoisotopic (exact) mass is 2140 g/mol. The summed E-state index contributed by atoms with van der Waals surface area (Å²) in [6, 6.07) is 41.9. The zero-order valence-electron chi connectivity index (χ0n) is 73.6. The number of carbonyl (C=O) groups excluding carboxylic acids is 3. The molecule has 9 heterocycles. The van der Waals surface area contributed by atoms with E-state index in [1.807, 2.05) is 87.6 Å². The molecule has 0 spiro atoms. The minimum atomic E-state index is -0.987. The Morgan fingerprint density at radius 2 is 0.955 bits per heavy atom. The third-order valence-corrected chi connectivity index (χ3v) is 23.4. The SMILES string of the molecule is C1CCOC1.CCCn1cc(-n2c(Cl)c(Sc3cccc(C(=O)OCC)c3)c3ccc(Cl)c(F)c32)cn1.CCCn1cc(-n2cc(Sc3cccc(C(=O)OCC)c3)c3ccc(Cl)c(F)c32)cn1.CCCn1cc(-n2ccc3ccc(Cl)c(F)c32)cn1.CCCn1cc(Br)cn1.CCOC(=O)c1cccc(S)c1.Fc1c(Cl)ccc2cc[nH]c12.O=[N+]([O-])c1cccc(Cl)c1F.[Br-].[CH-]=C.[Mg+2]. The summed E-state index contributed by atoms with van der Waals surface area (Å²) < 4.78 is 104. The molecule has 1 N–H and O–H groups in total. The summed E-state index contributed by atoms with van der Waals surface area (Å²) in [5.74, 6) is -3.86. The number of nitrogens with zero attached hydrogens (tertiary/aromatic N) is 12. The van der Waals surface area contributed by atoms with E-state index in [2.05, 4.69) is 94.8 Å². The van der Waals surface area contributed by atoms with E-state index < -0.39 is 39.8 Å². The Balaban J connectivity index is 0.000000220. The van der Waals surface area contributed by atoms with Gasteiger partial charge in [-0.3, -0.25) is 40.0 Å². The van der Waals surface area contributed by atoms with Gasteiger partial charge in [0.25, 0.3) is 0 Å². The first-order chi connectivity index (χ1) is 63.6. The van der Waals surface area contributed by atoms with Crippen LogP contribution in [0.4, 0.5) is 27.6 Å². The molecule has 0 radical (unpaired) electrons. The fraction of sp³-hybridized carbons (Fsp3) is 0.232. The van der Waals surface area contributed by atoms with Crippen molar-refractivity contribution in [1.29, 1.82) is 0 Å². The predicted octanol–water partition coefficient (Wildman–Crippen LogP) is 25.0. The second-order valence-electron chi connectivity index (χ2n) is 28.0. The van der Waals surface area contributed by atoms with Gasteiger partial charge in [-0.15, -0.1) is 12.6 Å². The number of carbonyl (C=O) groups is 3. The van der Waals surface area contributed by atoms with Gasteiger partial charge in [0.2, 0.25) is 5.82 Å². The summed E-state index contributed by atoms with van der Waals surface area (Å²) >= 11 is 45.9. The first kappa shape index (κ1) is 111. The fourth-order valence-corrected chi connectivity index (χ4v) is 16.5. The van der Waals surface area contributed by atoms with Gasteiger partial charge in [-0.1, -0.05) is 157 Å². The number of hydrogen-bond donors (Lipinski definition) is 2. The third-order valence-electron chi connectivity index (χ3n) is 18.6. The Hall–Kier alpha value is -9.56. The van der Waals surface area contributed by atoms with Gasteiger partial charge in [0.1, 0.15) is 5.15 Å². The Labute approximate surface area is 850 Å². The number of esters is 3. The molecular formula is C95H92Br2Cl6F5MgN13O9S3. The molecule has 17 rings (SSSR count). The van der Waals surface area contributed by atoms with Crippen LogP contribution in [0.25, 0.3) is 60.7 Å². The largest absolute Gasteiger partial charge is 2.00 e. The van der Waals surface area contributed by atoms with Gasteiger partial charge < -0.3 is 56.6 Å². The van der Waals surface area contributed by atoms with Crippen molar-refractivity contribution >= 4 is 212 Å².